The van der Waals surface area contributed by atoms with Gasteiger partial charge in [-0.3, -0.25) is 4.79 Å². The van der Waals surface area contributed by atoms with E-state index in [1.165, 1.54) is 6.21 Å². The lowest BCUT2D eigenvalue weighted by Gasteiger charge is -2.19. The molecule has 1 amide bonds. The van der Waals surface area contributed by atoms with Gasteiger partial charge < -0.3 is 14.2 Å². The number of halogens is 3. The summed E-state index contributed by atoms with van der Waals surface area (Å²) in [7, 11) is 0. The molecule has 4 rings (SSSR count). The summed E-state index contributed by atoms with van der Waals surface area (Å²) in [4.78, 5) is 25.1. The summed E-state index contributed by atoms with van der Waals surface area (Å²) in [6.45, 7) is 0. The molecule has 0 aliphatic carbocycles. The van der Waals surface area contributed by atoms with Crippen LogP contribution in [0.25, 0.3) is 0 Å². The second-order valence-electron chi connectivity index (χ2n) is 7.65. The van der Waals surface area contributed by atoms with E-state index in [1.54, 1.807) is 97.1 Å². The standard InChI is InChI=1S/C28H19Cl3N2O5/c29-19-7-13-22(14-8-19)37-28(38-23-15-9-20(30)10-16-23)26(34)33-32-17-18-5-11-21(12-6-18)36-27(35)24-3-1-2-4-25(24)31/h1-17,28H,(H,33,34). The summed E-state index contributed by atoms with van der Waals surface area (Å²) in [5.74, 6) is -0.166. The minimum absolute atomic E-state index is 0.263. The number of hydrazone groups is 1. The first-order valence-corrected chi connectivity index (χ1v) is 12.2. The first kappa shape index (κ1) is 27.0. The maximum Gasteiger partial charge on any atom is 0.345 e. The van der Waals surface area contributed by atoms with Gasteiger partial charge in [0.15, 0.2) is 0 Å². The Hall–Kier alpha value is -4.04. The minimum Gasteiger partial charge on any atom is -0.446 e. The van der Waals surface area contributed by atoms with Crippen molar-refractivity contribution in [2.75, 3.05) is 0 Å². The predicted octanol–water partition coefficient (Wildman–Crippen LogP) is 6.80. The fourth-order valence-electron chi connectivity index (χ4n) is 3.04. The van der Waals surface area contributed by atoms with Crippen molar-refractivity contribution < 1.29 is 23.8 Å². The van der Waals surface area contributed by atoms with Crippen molar-refractivity contribution in [3.8, 4) is 17.2 Å². The lowest BCUT2D eigenvalue weighted by Crippen LogP contribution is -2.40. The van der Waals surface area contributed by atoms with Crippen LogP contribution in [0.5, 0.6) is 17.2 Å². The van der Waals surface area contributed by atoms with Crippen LogP contribution in [0.2, 0.25) is 15.1 Å². The third-order valence-electron chi connectivity index (χ3n) is 4.90. The van der Waals surface area contributed by atoms with E-state index in [1.807, 2.05) is 0 Å². The Balaban J connectivity index is 1.38. The fraction of sp³-hybridized carbons (Fsp3) is 0.0357. The van der Waals surface area contributed by atoms with Crippen LogP contribution >= 0.6 is 34.8 Å². The van der Waals surface area contributed by atoms with E-state index in [9.17, 15) is 9.59 Å². The van der Waals surface area contributed by atoms with Gasteiger partial charge in [0.1, 0.15) is 17.2 Å². The van der Waals surface area contributed by atoms with Crippen LogP contribution in [0, 0.1) is 0 Å². The van der Waals surface area contributed by atoms with Gasteiger partial charge in [0, 0.05) is 10.0 Å². The molecule has 1 N–H and O–H groups in total. The van der Waals surface area contributed by atoms with Crippen molar-refractivity contribution >= 4 is 52.9 Å². The van der Waals surface area contributed by atoms with E-state index in [-0.39, 0.29) is 5.56 Å². The second-order valence-corrected chi connectivity index (χ2v) is 8.93. The van der Waals surface area contributed by atoms with Gasteiger partial charge in [-0.25, -0.2) is 10.2 Å². The Kier molecular flexibility index (Phi) is 9.21. The molecule has 0 saturated carbocycles. The number of hydrogen-bond acceptors (Lipinski definition) is 6. The number of benzene rings is 4. The normalized spacial score (nSPS) is 10.8. The zero-order chi connectivity index (χ0) is 26.9. The van der Waals surface area contributed by atoms with Crippen LogP contribution < -0.4 is 19.6 Å². The first-order valence-electron chi connectivity index (χ1n) is 11.1. The van der Waals surface area contributed by atoms with Gasteiger partial charge >= 0.3 is 18.2 Å². The monoisotopic (exact) mass is 568 g/mol. The average Bonchev–Trinajstić information content (AvgIpc) is 2.92. The van der Waals surface area contributed by atoms with E-state index in [0.29, 0.717) is 37.9 Å². The molecule has 0 aliphatic rings. The smallest absolute Gasteiger partial charge is 0.345 e. The third kappa shape index (κ3) is 7.73. The highest BCUT2D eigenvalue weighted by Crippen LogP contribution is 2.21. The number of esters is 1. The number of nitrogens with one attached hydrogen (secondary N) is 1. The average molecular weight is 570 g/mol. The van der Waals surface area contributed by atoms with Crippen molar-refractivity contribution in [2.24, 2.45) is 5.10 Å². The molecule has 0 saturated heterocycles. The molecule has 0 aliphatic heterocycles. The molecule has 0 radical (unpaired) electrons. The third-order valence-corrected chi connectivity index (χ3v) is 5.73. The lowest BCUT2D eigenvalue weighted by molar-refractivity contribution is -0.140. The van der Waals surface area contributed by atoms with Gasteiger partial charge in [0.2, 0.25) is 0 Å². The summed E-state index contributed by atoms with van der Waals surface area (Å²) >= 11 is 17.9. The van der Waals surface area contributed by atoms with Crippen LogP contribution in [-0.2, 0) is 4.79 Å². The van der Waals surface area contributed by atoms with Crippen molar-refractivity contribution in [2.45, 2.75) is 6.29 Å². The largest absolute Gasteiger partial charge is 0.446 e. The van der Waals surface area contributed by atoms with Crippen LogP contribution in [0.3, 0.4) is 0 Å². The summed E-state index contributed by atoms with van der Waals surface area (Å²) in [6, 6.07) is 26.1. The van der Waals surface area contributed by atoms with E-state index in [2.05, 4.69) is 10.5 Å². The predicted molar refractivity (Wildman–Crippen MR) is 147 cm³/mol. The molecule has 0 atom stereocenters. The topological polar surface area (TPSA) is 86.2 Å². The number of hydrogen-bond donors (Lipinski definition) is 1. The lowest BCUT2D eigenvalue weighted by atomic mass is 10.2. The van der Waals surface area contributed by atoms with Crippen molar-refractivity contribution in [1.82, 2.24) is 5.43 Å². The molecule has 0 spiro atoms. The number of rotatable bonds is 9. The molecular formula is C28H19Cl3N2O5. The van der Waals surface area contributed by atoms with Crippen molar-refractivity contribution in [1.29, 1.82) is 0 Å². The SMILES string of the molecule is O=C(Oc1ccc(C=NNC(=O)C(Oc2ccc(Cl)cc2)Oc2ccc(Cl)cc2)cc1)c1ccccc1Cl. The Labute approximate surface area is 233 Å². The van der Waals surface area contributed by atoms with Gasteiger partial charge in [-0.2, -0.15) is 5.10 Å². The van der Waals surface area contributed by atoms with Gasteiger partial charge in [-0.1, -0.05) is 46.9 Å². The molecule has 0 heterocycles. The van der Waals surface area contributed by atoms with Crippen molar-refractivity contribution in [3.63, 3.8) is 0 Å². The number of nitrogens with zero attached hydrogens (tertiary/aromatic N) is 1. The van der Waals surface area contributed by atoms with Crippen LogP contribution in [0.4, 0.5) is 0 Å². The summed E-state index contributed by atoms with van der Waals surface area (Å²) < 4.78 is 16.8. The molecule has 0 aromatic heterocycles. The van der Waals surface area contributed by atoms with E-state index in [0.717, 1.165) is 0 Å². The quantitative estimate of drug-likeness (QED) is 0.0788. The highest BCUT2D eigenvalue weighted by atomic mass is 35.5. The van der Waals surface area contributed by atoms with Crippen LogP contribution in [-0.4, -0.2) is 24.4 Å². The Morgan fingerprint density at radius 1 is 0.711 bits per heavy atom. The zero-order valence-corrected chi connectivity index (χ0v) is 21.8. The second kappa shape index (κ2) is 13.0. The maximum atomic E-state index is 12.8. The molecular weight excluding hydrogens is 551 g/mol. The summed E-state index contributed by atoms with van der Waals surface area (Å²) in [5.41, 5.74) is 3.30. The highest BCUT2D eigenvalue weighted by molar-refractivity contribution is 6.33. The molecule has 0 bridgehead atoms. The molecule has 192 valence electrons. The Bertz CT molecular complexity index is 1380. The minimum atomic E-state index is -1.36. The number of amides is 1. The first-order chi connectivity index (χ1) is 18.4. The van der Waals surface area contributed by atoms with Crippen LogP contribution in [0.15, 0.2) is 102 Å². The maximum absolute atomic E-state index is 12.8. The molecule has 7 nitrogen and oxygen atoms in total. The molecule has 4 aromatic rings. The molecule has 4 aromatic carbocycles. The summed E-state index contributed by atoms with van der Waals surface area (Å²) in [6.07, 6.45) is 0.0558. The molecule has 0 unspecified atom stereocenters. The summed E-state index contributed by atoms with van der Waals surface area (Å²) in [5, 5.41) is 5.31. The Morgan fingerprint density at radius 3 is 1.79 bits per heavy atom. The number of carbonyl (C=O) groups excluding carboxylic acids is 2. The van der Waals surface area contributed by atoms with Crippen molar-refractivity contribution in [3.05, 3.63) is 123 Å². The Morgan fingerprint density at radius 2 is 1.24 bits per heavy atom. The number of ether oxygens (including phenoxy) is 3. The van der Waals surface area contributed by atoms with Crippen LogP contribution in [0.1, 0.15) is 15.9 Å². The zero-order valence-electron chi connectivity index (χ0n) is 19.5. The van der Waals surface area contributed by atoms with E-state index >= 15 is 0 Å². The van der Waals surface area contributed by atoms with E-state index in [4.69, 9.17) is 49.0 Å². The molecule has 10 heteroatoms. The molecule has 0 fully saturated rings. The molecule has 38 heavy (non-hydrogen) atoms. The van der Waals surface area contributed by atoms with E-state index < -0.39 is 18.2 Å². The van der Waals surface area contributed by atoms with Gasteiger partial charge in [-0.05, 0) is 90.5 Å². The van der Waals surface area contributed by atoms with Gasteiger partial charge in [0.05, 0.1) is 16.8 Å². The number of carbonyl (C=O) groups is 2. The van der Waals surface area contributed by atoms with Gasteiger partial charge in [-0.15, -0.1) is 0 Å². The van der Waals surface area contributed by atoms with Gasteiger partial charge in [0.25, 0.3) is 0 Å². The fourth-order valence-corrected chi connectivity index (χ4v) is 3.50. The highest BCUT2D eigenvalue weighted by Gasteiger charge is 2.23.